The quantitative estimate of drug-likeness (QED) is 0.879. The van der Waals surface area contributed by atoms with E-state index in [0.717, 1.165) is 43.0 Å². The number of hydrogen-bond donors (Lipinski definition) is 2. The minimum Gasteiger partial charge on any atom is -0.341 e. The maximum atomic E-state index is 4.72. The Hall–Kier alpha value is -1.39. The highest BCUT2D eigenvalue weighted by Gasteiger charge is 2.21. The molecule has 0 amide bonds. The summed E-state index contributed by atoms with van der Waals surface area (Å²) < 4.78 is 0. The monoisotopic (exact) mass is 272 g/mol. The van der Waals surface area contributed by atoms with Gasteiger partial charge in [0, 0.05) is 6.04 Å². The van der Waals surface area contributed by atoms with Gasteiger partial charge in [0.2, 0.25) is 0 Å². The van der Waals surface area contributed by atoms with Crippen molar-refractivity contribution in [1.82, 2.24) is 20.2 Å². The van der Waals surface area contributed by atoms with E-state index in [1.807, 2.05) is 6.07 Å². The highest BCUT2D eigenvalue weighted by Crippen LogP contribution is 2.17. The van der Waals surface area contributed by atoms with E-state index in [0.29, 0.717) is 6.04 Å². The molecule has 1 fully saturated rings. The van der Waals surface area contributed by atoms with Gasteiger partial charge in [0.25, 0.3) is 0 Å². The third-order valence-corrected chi connectivity index (χ3v) is 4.13. The predicted octanol–water partition coefficient (Wildman–Crippen LogP) is 2.53. The van der Waals surface area contributed by atoms with Gasteiger partial charge in [-0.05, 0) is 51.0 Å². The molecule has 0 bridgehead atoms. The standard InChI is InChI=1S/C16H24N4/c1-2-11-20(13-7-9-17-10-8-13)12-16-18-14-5-3-4-6-15(14)19-16/h3-6,13,17H,2,7-12H2,1H3,(H,18,19). The number of H-pyrrole nitrogens is 1. The lowest BCUT2D eigenvalue weighted by molar-refractivity contribution is 0.151. The number of rotatable bonds is 5. The Morgan fingerprint density at radius 2 is 2.05 bits per heavy atom. The number of benzene rings is 1. The fourth-order valence-electron chi connectivity index (χ4n) is 3.12. The largest absolute Gasteiger partial charge is 0.341 e. The van der Waals surface area contributed by atoms with E-state index < -0.39 is 0 Å². The molecule has 1 aromatic carbocycles. The molecule has 3 rings (SSSR count). The number of nitrogens with zero attached hydrogens (tertiary/aromatic N) is 2. The van der Waals surface area contributed by atoms with Crippen LogP contribution in [0.2, 0.25) is 0 Å². The van der Waals surface area contributed by atoms with E-state index in [-0.39, 0.29) is 0 Å². The van der Waals surface area contributed by atoms with Gasteiger partial charge in [-0.2, -0.15) is 0 Å². The SMILES string of the molecule is CCCN(Cc1nc2ccccc2[nH]1)C1CCNCC1. The lowest BCUT2D eigenvalue weighted by Crippen LogP contribution is -2.43. The van der Waals surface area contributed by atoms with Crippen molar-refractivity contribution in [3.8, 4) is 0 Å². The maximum Gasteiger partial charge on any atom is 0.121 e. The molecule has 2 heterocycles. The molecule has 1 aliphatic rings. The average Bonchev–Trinajstić information content (AvgIpc) is 2.90. The van der Waals surface area contributed by atoms with Crippen LogP contribution in [0.5, 0.6) is 0 Å². The van der Waals surface area contributed by atoms with Gasteiger partial charge in [0.15, 0.2) is 0 Å². The zero-order valence-electron chi connectivity index (χ0n) is 12.2. The van der Waals surface area contributed by atoms with Crippen LogP contribution in [-0.2, 0) is 6.54 Å². The van der Waals surface area contributed by atoms with Gasteiger partial charge >= 0.3 is 0 Å². The summed E-state index contributed by atoms with van der Waals surface area (Å²) in [6.07, 6.45) is 3.70. The fourth-order valence-corrected chi connectivity index (χ4v) is 3.12. The van der Waals surface area contributed by atoms with Crippen molar-refractivity contribution in [2.24, 2.45) is 0 Å². The van der Waals surface area contributed by atoms with Crippen molar-refractivity contribution in [2.45, 2.75) is 38.8 Å². The molecule has 4 heteroatoms. The Morgan fingerprint density at radius 3 is 2.80 bits per heavy atom. The second kappa shape index (κ2) is 6.37. The Bertz CT molecular complexity index is 509. The van der Waals surface area contributed by atoms with Gasteiger partial charge in [-0.25, -0.2) is 4.98 Å². The van der Waals surface area contributed by atoms with Crippen LogP contribution in [0.3, 0.4) is 0 Å². The van der Waals surface area contributed by atoms with Crippen molar-refractivity contribution in [3.63, 3.8) is 0 Å². The second-order valence-electron chi connectivity index (χ2n) is 5.65. The lowest BCUT2D eigenvalue weighted by atomic mass is 10.0. The van der Waals surface area contributed by atoms with Crippen LogP contribution in [0.15, 0.2) is 24.3 Å². The van der Waals surface area contributed by atoms with Gasteiger partial charge in [0.05, 0.1) is 17.6 Å². The summed E-state index contributed by atoms with van der Waals surface area (Å²) in [4.78, 5) is 10.8. The number of imidazole rings is 1. The van der Waals surface area contributed by atoms with E-state index in [4.69, 9.17) is 4.98 Å². The summed E-state index contributed by atoms with van der Waals surface area (Å²) in [7, 11) is 0. The molecule has 0 unspecified atom stereocenters. The van der Waals surface area contributed by atoms with E-state index in [9.17, 15) is 0 Å². The Morgan fingerprint density at radius 1 is 1.25 bits per heavy atom. The predicted molar refractivity (Wildman–Crippen MR) is 82.7 cm³/mol. The number of nitrogens with one attached hydrogen (secondary N) is 2. The maximum absolute atomic E-state index is 4.72. The molecule has 4 nitrogen and oxygen atoms in total. The summed E-state index contributed by atoms with van der Waals surface area (Å²) in [6, 6.07) is 8.97. The molecule has 108 valence electrons. The van der Waals surface area contributed by atoms with Crippen LogP contribution in [-0.4, -0.2) is 40.5 Å². The molecule has 1 saturated heterocycles. The minimum atomic E-state index is 0.699. The molecule has 0 radical (unpaired) electrons. The Balaban J connectivity index is 1.74. The van der Waals surface area contributed by atoms with Gasteiger partial charge in [-0.1, -0.05) is 19.1 Å². The van der Waals surface area contributed by atoms with Crippen molar-refractivity contribution >= 4 is 11.0 Å². The van der Waals surface area contributed by atoms with Crippen LogP contribution in [0.4, 0.5) is 0 Å². The highest BCUT2D eigenvalue weighted by atomic mass is 15.2. The van der Waals surface area contributed by atoms with Crippen molar-refractivity contribution < 1.29 is 0 Å². The molecule has 2 aromatic rings. The Labute approximate surface area is 120 Å². The van der Waals surface area contributed by atoms with Crippen molar-refractivity contribution in [2.75, 3.05) is 19.6 Å². The lowest BCUT2D eigenvalue weighted by Gasteiger charge is -2.33. The molecule has 0 saturated carbocycles. The van der Waals surface area contributed by atoms with E-state index in [1.165, 1.54) is 19.3 Å². The van der Waals surface area contributed by atoms with E-state index in [1.54, 1.807) is 0 Å². The van der Waals surface area contributed by atoms with Crippen molar-refractivity contribution in [1.29, 1.82) is 0 Å². The van der Waals surface area contributed by atoms with Crippen LogP contribution in [0, 0.1) is 0 Å². The summed E-state index contributed by atoms with van der Waals surface area (Å²) in [5.74, 6) is 1.10. The second-order valence-corrected chi connectivity index (χ2v) is 5.65. The first kappa shape index (κ1) is 13.6. The van der Waals surface area contributed by atoms with E-state index in [2.05, 4.69) is 40.3 Å². The topological polar surface area (TPSA) is 44.0 Å². The first-order chi connectivity index (χ1) is 9.86. The number of aromatic nitrogens is 2. The van der Waals surface area contributed by atoms with Crippen LogP contribution < -0.4 is 5.32 Å². The fraction of sp³-hybridized carbons (Fsp3) is 0.562. The van der Waals surface area contributed by atoms with Crippen molar-refractivity contribution in [3.05, 3.63) is 30.1 Å². The number of para-hydroxylation sites is 2. The van der Waals surface area contributed by atoms with Gasteiger partial charge in [-0.15, -0.1) is 0 Å². The number of piperidine rings is 1. The molecule has 1 aromatic heterocycles. The van der Waals surface area contributed by atoms with Crippen LogP contribution >= 0.6 is 0 Å². The number of aromatic amines is 1. The first-order valence-corrected chi connectivity index (χ1v) is 7.75. The molecule has 0 spiro atoms. The van der Waals surface area contributed by atoms with E-state index >= 15 is 0 Å². The Kier molecular flexibility index (Phi) is 4.33. The molecular weight excluding hydrogens is 248 g/mol. The third kappa shape index (κ3) is 3.02. The van der Waals surface area contributed by atoms with Crippen LogP contribution in [0.1, 0.15) is 32.0 Å². The molecule has 2 N–H and O–H groups in total. The summed E-state index contributed by atoms with van der Waals surface area (Å²) in [5.41, 5.74) is 2.22. The minimum absolute atomic E-state index is 0.699. The zero-order chi connectivity index (χ0) is 13.8. The van der Waals surface area contributed by atoms with Crippen LogP contribution in [0.25, 0.3) is 11.0 Å². The highest BCUT2D eigenvalue weighted by molar-refractivity contribution is 5.74. The number of fused-ring (bicyclic) bond motifs is 1. The molecule has 0 atom stereocenters. The normalized spacial score (nSPS) is 17.1. The summed E-state index contributed by atoms with van der Waals surface area (Å²) in [6.45, 7) is 6.64. The zero-order valence-corrected chi connectivity index (χ0v) is 12.2. The molecular formula is C16H24N4. The van der Waals surface area contributed by atoms with Gasteiger partial charge in [-0.3, -0.25) is 4.90 Å². The average molecular weight is 272 g/mol. The third-order valence-electron chi connectivity index (χ3n) is 4.13. The van der Waals surface area contributed by atoms with Gasteiger partial charge in [0.1, 0.15) is 5.82 Å². The molecule has 20 heavy (non-hydrogen) atoms. The summed E-state index contributed by atoms with van der Waals surface area (Å²) >= 11 is 0. The number of hydrogen-bond acceptors (Lipinski definition) is 3. The molecule has 0 aliphatic carbocycles. The first-order valence-electron chi connectivity index (χ1n) is 7.75. The van der Waals surface area contributed by atoms with Gasteiger partial charge < -0.3 is 10.3 Å². The molecule has 1 aliphatic heterocycles. The summed E-state index contributed by atoms with van der Waals surface area (Å²) in [5, 5.41) is 3.45. The smallest absolute Gasteiger partial charge is 0.121 e.